The molecule has 34 heavy (non-hydrogen) atoms. The maximum atomic E-state index is 12.7. The molecule has 2 aromatic rings. The maximum Gasteiger partial charge on any atom is 0.343 e. The highest BCUT2D eigenvalue weighted by atomic mass is 79.9. The van der Waals surface area contributed by atoms with Crippen LogP contribution in [0.15, 0.2) is 62.5 Å². The zero-order chi connectivity index (χ0) is 24.4. The molecule has 4 rings (SSSR count). The Morgan fingerprint density at radius 1 is 1.29 bits per heavy atom. The van der Waals surface area contributed by atoms with Crippen molar-refractivity contribution in [3.8, 4) is 17.2 Å². The number of carbonyl (C=O) groups is 2. The zero-order valence-electron chi connectivity index (χ0n) is 18.5. The Morgan fingerprint density at radius 2 is 2.09 bits per heavy atom. The van der Waals surface area contributed by atoms with Gasteiger partial charge in [-0.05, 0) is 71.7 Å². The molecule has 0 atom stereocenters. The Kier molecular flexibility index (Phi) is 6.90. The van der Waals surface area contributed by atoms with Crippen molar-refractivity contribution in [1.29, 1.82) is 5.41 Å². The third kappa shape index (κ3) is 4.78. The van der Waals surface area contributed by atoms with E-state index >= 15 is 0 Å². The van der Waals surface area contributed by atoms with Crippen molar-refractivity contribution in [2.75, 3.05) is 13.7 Å². The normalized spacial score (nSPS) is 16.2. The molecule has 2 aliphatic heterocycles. The van der Waals surface area contributed by atoms with Gasteiger partial charge in [0.25, 0.3) is 5.91 Å². The monoisotopic (exact) mass is 541 g/mol. The number of hydrogen-bond donors (Lipinski definition) is 1. The van der Waals surface area contributed by atoms with Gasteiger partial charge in [-0.15, -0.1) is 0 Å². The van der Waals surface area contributed by atoms with Crippen molar-refractivity contribution >= 4 is 56.6 Å². The SMILES string of the molecule is CCOc1cc(/C=C2/C(=N)N3C=C(C)SC3=NC2=O)cc(Br)c1OC(=O)c1cccc(OC)c1. The summed E-state index contributed by atoms with van der Waals surface area (Å²) >= 11 is 4.79. The van der Waals surface area contributed by atoms with E-state index in [0.717, 1.165) is 4.91 Å². The van der Waals surface area contributed by atoms with E-state index in [-0.39, 0.29) is 17.2 Å². The van der Waals surface area contributed by atoms with E-state index in [1.165, 1.54) is 18.9 Å². The summed E-state index contributed by atoms with van der Waals surface area (Å²) in [6.45, 7) is 4.03. The van der Waals surface area contributed by atoms with Gasteiger partial charge in [0.15, 0.2) is 16.7 Å². The number of carbonyl (C=O) groups excluding carboxylic acids is 2. The number of amides is 1. The van der Waals surface area contributed by atoms with Crippen molar-refractivity contribution in [3.05, 3.63) is 68.7 Å². The Morgan fingerprint density at radius 3 is 2.82 bits per heavy atom. The molecular formula is C24H20BrN3O5S. The predicted octanol–water partition coefficient (Wildman–Crippen LogP) is 5.24. The number of ether oxygens (including phenoxy) is 3. The summed E-state index contributed by atoms with van der Waals surface area (Å²) in [6.07, 6.45) is 3.34. The van der Waals surface area contributed by atoms with Crippen molar-refractivity contribution < 1.29 is 23.8 Å². The number of nitrogens with one attached hydrogen (secondary N) is 1. The molecule has 2 aliphatic rings. The Bertz CT molecular complexity index is 1300. The molecule has 0 spiro atoms. The zero-order valence-corrected chi connectivity index (χ0v) is 21.0. The maximum absolute atomic E-state index is 12.7. The quantitative estimate of drug-likeness (QED) is 0.303. The van der Waals surface area contributed by atoms with Gasteiger partial charge >= 0.3 is 5.97 Å². The van der Waals surface area contributed by atoms with Crippen LogP contribution in [-0.2, 0) is 4.79 Å². The van der Waals surface area contributed by atoms with Gasteiger partial charge in [-0.2, -0.15) is 4.99 Å². The van der Waals surface area contributed by atoms with Crippen LogP contribution in [0.5, 0.6) is 17.2 Å². The first-order valence-electron chi connectivity index (χ1n) is 10.2. The first-order valence-corrected chi connectivity index (χ1v) is 11.8. The second-order valence-electron chi connectivity index (χ2n) is 7.20. The largest absolute Gasteiger partial charge is 0.497 e. The second kappa shape index (κ2) is 9.86. The fourth-order valence-electron chi connectivity index (χ4n) is 3.30. The van der Waals surface area contributed by atoms with Crippen molar-refractivity contribution in [2.45, 2.75) is 13.8 Å². The van der Waals surface area contributed by atoms with Crippen LogP contribution in [0.1, 0.15) is 29.8 Å². The summed E-state index contributed by atoms with van der Waals surface area (Å²) in [6, 6.07) is 9.97. The Balaban J connectivity index is 1.67. The summed E-state index contributed by atoms with van der Waals surface area (Å²) in [4.78, 5) is 32.0. The number of halogens is 1. The van der Waals surface area contributed by atoms with Gasteiger partial charge in [0.05, 0.1) is 29.3 Å². The molecule has 0 bridgehead atoms. The molecule has 0 saturated carbocycles. The van der Waals surface area contributed by atoms with Gasteiger partial charge < -0.3 is 14.2 Å². The third-order valence-electron chi connectivity index (χ3n) is 4.84. The lowest BCUT2D eigenvalue weighted by Crippen LogP contribution is -2.35. The minimum absolute atomic E-state index is 0.0435. The minimum atomic E-state index is -0.577. The van der Waals surface area contributed by atoms with Gasteiger partial charge in [0, 0.05) is 11.1 Å². The summed E-state index contributed by atoms with van der Waals surface area (Å²) in [5.74, 6) is 0.0262. The average Bonchev–Trinajstić information content (AvgIpc) is 3.19. The van der Waals surface area contributed by atoms with Gasteiger partial charge in [0.1, 0.15) is 11.6 Å². The van der Waals surface area contributed by atoms with Crippen LogP contribution in [0.25, 0.3) is 6.08 Å². The van der Waals surface area contributed by atoms with Gasteiger partial charge in [0.2, 0.25) is 0 Å². The van der Waals surface area contributed by atoms with E-state index in [1.54, 1.807) is 53.6 Å². The van der Waals surface area contributed by atoms with Crippen LogP contribution in [-0.4, -0.2) is 41.5 Å². The summed E-state index contributed by atoms with van der Waals surface area (Å²) in [5, 5.41) is 8.94. The molecule has 8 nitrogen and oxygen atoms in total. The lowest BCUT2D eigenvalue weighted by molar-refractivity contribution is -0.114. The smallest absolute Gasteiger partial charge is 0.343 e. The first kappa shape index (κ1) is 23.8. The molecule has 0 aromatic heterocycles. The van der Waals surface area contributed by atoms with Crippen molar-refractivity contribution in [1.82, 2.24) is 4.90 Å². The fourth-order valence-corrected chi connectivity index (χ4v) is 4.66. The number of methoxy groups -OCH3 is 1. The van der Waals surface area contributed by atoms with E-state index in [1.807, 2.05) is 13.8 Å². The molecule has 0 saturated heterocycles. The standard InChI is InChI=1S/C24H20BrN3O5S/c1-4-32-19-10-14(8-17-21(26)28-12-13(2)34-24(28)27-22(17)29)9-18(25)20(19)33-23(30)15-6-5-7-16(11-15)31-3/h5-12,26H,4H2,1-3H3/b17-8-,26-21?. The summed E-state index contributed by atoms with van der Waals surface area (Å²) in [5.41, 5.74) is 1.04. The fraction of sp³-hybridized carbons (Fsp3) is 0.167. The first-order chi connectivity index (χ1) is 16.3. The molecule has 2 heterocycles. The minimum Gasteiger partial charge on any atom is -0.497 e. The molecule has 2 aromatic carbocycles. The van der Waals surface area contributed by atoms with E-state index in [9.17, 15) is 9.59 Å². The van der Waals surface area contributed by atoms with Crippen LogP contribution in [0.3, 0.4) is 0 Å². The summed E-state index contributed by atoms with van der Waals surface area (Å²) in [7, 11) is 1.52. The van der Waals surface area contributed by atoms with Gasteiger partial charge in [-0.3, -0.25) is 15.1 Å². The highest BCUT2D eigenvalue weighted by molar-refractivity contribution is 9.10. The number of amidine groups is 2. The molecule has 1 amide bonds. The molecule has 1 N–H and O–H groups in total. The number of allylic oxidation sites excluding steroid dienone is 1. The van der Waals surface area contributed by atoms with E-state index in [4.69, 9.17) is 19.6 Å². The van der Waals surface area contributed by atoms with Crippen LogP contribution < -0.4 is 14.2 Å². The number of rotatable bonds is 6. The van der Waals surface area contributed by atoms with Crippen LogP contribution in [0.4, 0.5) is 0 Å². The number of benzene rings is 2. The number of esters is 1. The molecule has 0 radical (unpaired) electrons. The summed E-state index contributed by atoms with van der Waals surface area (Å²) < 4.78 is 17.0. The molecule has 10 heteroatoms. The number of hydrogen-bond acceptors (Lipinski definition) is 7. The van der Waals surface area contributed by atoms with Gasteiger partial charge in [-0.1, -0.05) is 17.8 Å². The Labute approximate surface area is 208 Å². The average molecular weight is 542 g/mol. The lowest BCUT2D eigenvalue weighted by atomic mass is 10.1. The number of aliphatic imine (C=N–C) groups is 1. The molecule has 0 unspecified atom stereocenters. The van der Waals surface area contributed by atoms with Crippen molar-refractivity contribution in [2.24, 2.45) is 4.99 Å². The van der Waals surface area contributed by atoms with Crippen molar-refractivity contribution in [3.63, 3.8) is 0 Å². The number of fused-ring (bicyclic) bond motifs is 1. The van der Waals surface area contributed by atoms with E-state index in [2.05, 4.69) is 20.9 Å². The van der Waals surface area contributed by atoms with Crippen LogP contribution in [0.2, 0.25) is 0 Å². The van der Waals surface area contributed by atoms with E-state index in [0.29, 0.717) is 38.9 Å². The molecular weight excluding hydrogens is 522 g/mol. The predicted molar refractivity (Wildman–Crippen MR) is 135 cm³/mol. The van der Waals surface area contributed by atoms with Crippen LogP contribution >= 0.6 is 27.7 Å². The third-order valence-corrected chi connectivity index (χ3v) is 6.32. The highest BCUT2D eigenvalue weighted by Crippen LogP contribution is 2.39. The molecule has 0 aliphatic carbocycles. The Hall–Kier alpha value is -3.37. The molecule has 0 fully saturated rings. The number of nitrogens with zero attached hydrogens (tertiary/aromatic N) is 2. The molecule has 174 valence electrons. The van der Waals surface area contributed by atoms with E-state index < -0.39 is 11.9 Å². The lowest BCUT2D eigenvalue weighted by Gasteiger charge is -2.22. The van der Waals surface area contributed by atoms with Crippen LogP contribution in [0, 0.1) is 5.41 Å². The topological polar surface area (TPSA) is 101 Å². The highest BCUT2D eigenvalue weighted by Gasteiger charge is 2.33. The van der Waals surface area contributed by atoms with Gasteiger partial charge in [-0.25, -0.2) is 4.79 Å². The second-order valence-corrected chi connectivity index (χ2v) is 9.27. The number of thioether (sulfide) groups is 1.